The normalized spacial score (nSPS) is 18.7. The van der Waals surface area contributed by atoms with Crippen LogP contribution in [0.4, 0.5) is 14.5 Å². The van der Waals surface area contributed by atoms with E-state index < -0.39 is 12.7 Å². The van der Waals surface area contributed by atoms with Crippen molar-refractivity contribution >= 4 is 23.5 Å². The van der Waals surface area contributed by atoms with Crippen LogP contribution in [-0.4, -0.2) is 73.2 Å². The smallest absolute Gasteiger partial charge is 0.387 e. The Labute approximate surface area is 200 Å². The van der Waals surface area contributed by atoms with Gasteiger partial charge in [-0.2, -0.15) is 8.78 Å². The van der Waals surface area contributed by atoms with Gasteiger partial charge in [0.15, 0.2) is 6.10 Å². The summed E-state index contributed by atoms with van der Waals surface area (Å²) in [6.07, 6.45) is -1.22. The number of fused-ring (bicyclic) bond motifs is 1. The molecule has 1 unspecified atom stereocenters. The van der Waals surface area contributed by atoms with Crippen LogP contribution < -0.4 is 14.4 Å². The minimum Gasteiger partial charge on any atom is -0.490 e. The highest BCUT2D eigenvalue weighted by atomic mass is 32.2. The second-order valence-electron chi connectivity index (χ2n) is 8.54. The van der Waals surface area contributed by atoms with Crippen LogP contribution >= 0.6 is 11.9 Å². The Morgan fingerprint density at radius 1 is 1.09 bits per heavy atom. The monoisotopic (exact) mass is 489 g/mol. The molecule has 0 radical (unpaired) electrons. The molecule has 0 aromatic heterocycles. The topological polar surface area (TPSA) is 65.5 Å². The van der Waals surface area contributed by atoms with E-state index in [4.69, 9.17) is 4.74 Å². The molecule has 5 rings (SSSR count). The van der Waals surface area contributed by atoms with Crippen LogP contribution in [0.1, 0.15) is 11.7 Å². The lowest BCUT2D eigenvalue weighted by atomic mass is 10.1. The number of benzene rings is 2. The van der Waals surface area contributed by atoms with Crippen LogP contribution in [0, 0.1) is 0 Å². The second kappa shape index (κ2) is 9.44. The molecule has 1 atom stereocenters. The van der Waals surface area contributed by atoms with Crippen molar-refractivity contribution in [2.45, 2.75) is 17.6 Å². The maximum absolute atomic E-state index is 13.0. The van der Waals surface area contributed by atoms with Gasteiger partial charge in [-0.3, -0.25) is 4.79 Å². The van der Waals surface area contributed by atoms with E-state index in [9.17, 15) is 18.7 Å². The highest BCUT2D eigenvalue weighted by Gasteiger charge is 2.35. The number of rotatable bonds is 6. The number of hydrogen-bond acceptors (Lipinski definition) is 7. The second-order valence-corrected chi connectivity index (χ2v) is 9.71. The van der Waals surface area contributed by atoms with Gasteiger partial charge in [0.2, 0.25) is 0 Å². The van der Waals surface area contributed by atoms with E-state index in [0.29, 0.717) is 38.3 Å². The van der Waals surface area contributed by atoms with Gasteiger partial charge in [0.05, 0.1) is 12.2 Å². The van der Waals surface area contributed by atoms with Crippen molar-refractivity contribution < 1.29 is 28.2 Å². The highest BCUT2D eigenvalue weighted by Crippen LogP contribution is 2.36. The minimum atomic E-state index is -2.84. The Bertz CT molecular complexity index is 1090. The number of nitrogens with zero attached hydrogens (tertiary/aromatic N) is 3. The first-order valence-electron chi connectivity index (χ1n) is 11.0. The van der Waals surface area contributed by atoms with E-state index in [2.05, 4.69) is 13.9 Å². The Hall–Kier alpha value is -2.82. The third kappa shape index (κ3) is 4.70. The average Bonchev–Trinajstić information content (AvgIpc) is 3.38. The van der Waals surface area contributed by atoms with E-state index >= 15 is 0 Å². The third-order valence-corrected chi connectivity index (χ3v) is 7.22. The summed E-state index contributed by atoms with van der Waals surface area (Å²) in [5.41, 5.74) is 3.80. The Kier molecular flexibility index (Phi) is 6.37. The molecule has 0 spiro atoms. The molecule has 1 amide bonds. The molecule has 0 saturated carbocycles. The van der Waals surface area contributed by atoms with E-state index in [1.165, 1.54) is 23.3 Å². The molecule has 2 aromatic rings. The highest BCUT2D eigenvalue weighted by molar-refractivity contribution is 7.97. The molecule has 0 bridgehead atoms. The molecule has 7 nitrogen and oxygen atoms in total. The summed E-state index contributed by atoms with van der Waals surface area (Å²) in [5, 5.41) is 10.8. The van der Waals surface area contributed by atoms with Crippen molar-refractivity contribution in [1.29, 1.82) is 0 Å². The number of amides is 1. The lowest BCUT2D eigenvalue weighted by Crippen LogP contribution is -2.36. The van der Waals surface area contributed by atoms with E-state index in [1.807, 2.05) is 13.1 Å². The van der Waals surface area contributed by atoms with Crippen LogP contribution in [0.3, 0.4) is 0 Å². The van der Waals surface area contributed by atoms with Gasteiger partial charge in [-0.1, -0.05) is 6.07 Å². The number of likely N-dealkylation sites (N-methyl/N-ethyl adjacent to an activating group) is 1. The molecular formula is C24H25F2N3O4S. The number of anilines is 1. The zero-order valence-electron chi connectivity index (χ0n) is 18.6. The first-order chi connectivity index (χ1) is 16.4. The summed E-state index contributed by atoms with van der Waals surface area (Å²) in [7, 11) is 1.96. The van der Waals surface area contributed by atoms with Crippen LogP contribution in [-0.2, 0) is 4.79 Å². The summed E-state index contributed by atoms with van der Waals surface area (Å²) in [5.74, 6) is 0.586. The molecule has 0 aliphatic carbocycles. The molecule has 1 N–H and O–H groups in total. The average molecular weight is 490 g/mol. The number of ether oxygens (including phenoxy) is 2. The summed E-state index contributed by atoms with van der Waals surface area (Å²) in [4.78, 5) is 17.7. The predicted octanol–water partition coefficient (Wildman–Crippen LogP) is 3.31. The number of halogens is 2. The number of carbonyl (C=O) groups excluding carboxylic acids is 1. The van der Waals surface area contributed by atoms with Crippen LogP contribution in [0.5, 0.6) is 11.5 Å². The number of aliphatic hydroxyl groups is 1. The molecule has 0 saturated heterocycles. The maximum atomic E-state index is 13.0. The Balaban J connectivity index is 1.16. The van der Waals surface area contributed by atoms with E-state index in [-0.39, 0.29) is 11.7 Å². The number of carbonyl (C=O) groups is 1. The molecule has 34 heavy (non-hydrogen) atoms. The van der Waals surface area contributed by atoms with E-state index in [1.54, 1.807) is 41.1 Å². The maximum Gasteiger partial charge on any atom is 0.387 e. The molecule has 3 aliphatic rings. The SMILES string of the molecule is CN1CCOc2ccc(C(O)C(=O)N3CC4=C(CN(Sc5ccc(OC(F)F)cc5)C4)C3)cc21. The van der Waals surface area contributed by atoms with Gasteiger partial charge in [-0.25, -0.2) is 4.31 Å². The summed E-state index contributed by atoms with van der Waals surface area (Å²) in [6, 6.07) is 11.9. The summed E-state index contributed by atoms with van der Waals surface area (Å²) in [6.45, 7) is 0.936. The van der Waals surface area contributed by atoms with Crippen LogP contribution in [0.25, 0.3) is 0 Å². The van der Waals surface area contributed by atoms with Crippen LogP contribution in [0.2, 0.25) is 0 Å². The van der Waals surface area contributed by atoms with Gasteiger partial charge >= 0.3 is 6.61 Å². The summed E-state index contributed by atoms with van der Waals surface area (Å²) < 4.78 is 36.8. The molecule has 3 aliphatic heterocycles. The molecule has 0 fully saturated rings. The van der Waals surface area contributed by atoms with Crippen molar-refractivity contribution in [3.05, 3.63) is 59.2 Å². The zero-order chi connectivity index (χ0) is 23.8. The zero-order valence-corrected chi connectivity index (χ0v) is 19.4. The predicted molar refractivity (Wildman–Crippen MR) is 124 cm³/mol. The lowest BCUT2D eigenvalue weighted by molar-refractivity contribution is -0.139. The van der Waals surface area contributed by atoms with Crippen molar-refractivity contribution in [3.8, 4) is 11.5 Å². The lowest BCUT2D eigenvalue weighted by Gasteiger charge is -2.29. The van der Waals surface area contributed by atoms with E-state index in [0.717, 1.165) is 22.9 Å². The van der Waals surface area contributed by atoms with Crippen molar-refractivity contribution in [2.24, 2.45) is 0 Å². The fourth-order valence-corrected chi connectivity index (χ4v) is 5.45. The molecule has 180 valence electrons. The van der Waals surface area contributed by atoms with Crippen molar-refractivity contribution in [1.82, 2.24) is 9.21 Å². The largest absolute Gasteiger partial charge is 0.490 e. The molecule has 2 aromatic carbocycles. The number of aliphatic hydroxyl groups excluding tert-OH is 1. The molecular weight excluding hydrogens is 464 g/mol. The summed E-state index contributed by atoms with van der Waals surface area (Å²) >= 11 is 1.54. The van der Waals surface area contributed by atoms with Gasteiger partial charge in [0.25, 0.3) is 5.91 Å². The molecule has 10 heteroatoms. The van der Waals surface area contributed by atoms with Gasteiger partial charge in [0.1, 0.15) is 18.1 Å². The van der Waals surface area contributed by atoms with Crippen molar-refractivity contribution in [3.63, 3.8) is 0 Å². The Morgan fingerprint density at radius 2 is 1.79 bits per heavy atom. The molecule has 3 heterocycles. The standard InChI is InChI=1S/C24H25F2N3O4S/c1-27-8-9-32-21-7-2-15(10-20(21)27)22(30)23(31)28-11-16-13-29(14-17(16)12-28)34-19-5-3-18(4-6-19)33-24(25)26/h2-7,10,22,24,30H,8-9,11-14H2,1H3. The fourth-order valence-electron chi connectivity index (χ4n) is 4.45. The Morgan fingerprint density at radius 3 is 2.47 bits per heavy atom. The van der Waals surface area contributed by atoms with Gasteiger partial charge in [-0.15, -0.1) is 0 Å². The number of alkyl halides is 2. The van der Waals surface area contributed by atoms with Crippen molar-refractivity contribution in [2.75, 3.05) is 51.3 Å². The van der Waals surface area contributed by atoms with Gasteiger partial charge < -0.3 is 24.4 Å². The minimum absolute atomic E-state index is 0.132. The van der Waals surface area contributed by atoms with Gasteiger partial charge in [0, 0.05) is 38.1 Å². The first-order valence-corrected chi connectivity index (χ1v) is 11.8. The fraction of sp³-hybridized carbons (Fsp3) is 0.375. The quantitative estimate of drug-likeness (QED) is 0.493. The number of hydrogen-bond donors (Lipinski definition) is 1. The van der Waals surface area contributed by atoms with Crippen LogP contribution in [0.15, 0.2) is 58.5 Å². The first kappa shape index (κ1) is 22.9. The van der Waals surface area contributed by atoms with Gasteiger partial charge in [-0.05, 0) is 65.1 Å². The third-order valence-electron chi connectivity index (χ3n) is 6.22.